The smallest absolute Gasteiger partial charge is 0.264 e. The first-order chi connectivity index (χ1) is 18.6. The highest BCUT2D eigenvalue weighted by Crippen LogP contribution is 2.32. The Morgan fingerprint density at radius 3 is 2.21 bits per heavy atom. The Morgan fingerprint density at radius 2 is 1.56 bits per heavy atom. The number of methoxy groups -OCH3 is 1. The molecule has 3 aromatic rings. The molecule has 3 aromatic carbocycles. The number of sulfonamides is 1. The standard InChI is InChI=1S/C29H34FN3O5S/c1-5-21(2)31-29(35)22(3)32(19-23-13-9-10-16-25(23)30)28(34)20-33(26-17-11-12-18-27(26)38-4)39(36,37)24-14-7-6-8-15-24/h6-18,21-22H,5,19-20H2,1-4H3,(H,31,35)/t21-,22-/m0/s1. The van der Waals surface area contributed by atoms with Crippen LogP contribution in [0.3, 0.4) is 0 Å². The van der Waals surface area contributed by atoms with Crippen LogP contribution in [0, 0.1) is 5.82 Å². The van der Waals surface area contributed by atoms with Gasteiger partial charge in [0.05, 0.1) is 17.7 Å². The van der Waals surface area contributed by atoms with Crippen molar-refractivity contribution in [2.45, 2.75) is 50.7 Å². The van der Waals surface area contributed by atoms with E-state index >= 15 is 0 Å². The summed E-state index contributed by atoms with van der Waals surface area (Å²) < 4.78 is 48.6. The minimum absolute atomic E-state index is 0.0214. The van der Waals surface area contributed by atoms with Crippen LogP contribution in [0.25, 0.3) is 0 Å². The van der Waals surface area contributed by atoms with Crippen LogP contribution in [0.2, 0.25) is 0 Å². The Morgan fingerprint density at radius 1 is 0.949 bits per heavy atom. The Balaban J connectivity index is 2.06. The van der Waals surface area contributed by atoms with E-state index < -0.39 is 40.2 Å². The zero-order chi connectivity index (χ0) is 28.6. The third kappa shape index (κ3) is 7.14. The van der Waals surface area contributed by atoms with E-state index in [0.717, 1.165) is 4.31 Å². The van der Waals surface area contributed by atoms with Crippen molar-refractivity contribution in [3.05, 3.63) is 90.2 Å². The number of benzene rings is 3. The van der Waals surface area contributed by atoms with Crippen LogP contribution in [0.4, 0.5) is 10.1 Å². The van der Waals surface area contributed by atoms with Crippen molar-refractivity contribution >= 4 is 27.5 Å². The second-order valence-electron chi connectivity index (χ2n) is 9.10. The van der Waals surface area contributed by atoms with Gasteiger partial charge in [0, 0.05) is 18.2 Å². The summed E-state index contributed by atoms with van der Waals surface area (Å²) in [6.45, 7) is 4.41. The average molecular weight is 556 g/mol. The number of rotatable bonds is 12. The van der Waals surface area contributed by atoms with Crippen LogP contribution in [0.15, 0.2) is 83.8 Å². The molecule has 2 amide bonds. The van der Waals surface area contributed by atoms with Gasteiger partial charge in [-0.05, 0) is 50.6 Å². The SMILES string of the molecule is CC[C@H](C)NC(=O)[C@H](C)N(Cc1ccccc1F)C(=O)CN(c1ccccc1OC)S(=O)(=O)c1ccccc1. The van der Waals surface area contributed by atoms with E-state index in [2.05, 4.69) is 5.32 Å². The van der Waals surface area contributed by atoms with Gasteiger partial charge in [0.25, 0.3) is 10.0 Å². The molecule has 0 spiro atoms. The zero-order valence-electron chi connectivity index (χ0n) is 22.5. The first kappa shape index (κ1) is 29.6. The molecule has 0 radical (unpaired) electrons. The van der Waals surface area contributed by atoms with Gasteiger partial charge in [-0.3, -0.25) is 13.9 Å². The summed E-state index contributed by atoms with van der Waals surface area (Å²) in [7, 11) is -2.83. The number of para-hydroxylation sites is 2. The average Bonchev–Trinajstić information content (AvgIpc) is 2.95. The predicted molar refractivity (Wildman–Crippen MR) is 148 cm³/mol. The number of carbonyl (C=O) groups excluding carboxylic acids is 2. The third-order valence-electron chi connectivity index (χ3n) is 6.43. The van der Waals surface area contributed by atoms with Gasteiger partial charge in [-0.1, -0.05) is 55.5 Å². The molecule has 0 saturated heterocycles. The largest absolute Gasteiger partial charge is 0.495 e. The van der Waals surface area contributed by atoms with E-state index in [1.807, 2.05) is 13.8 Å². The fourth-order valence-corrected chi connectivity index (χ4v) is 5.37. The summed E-state index contributed by atoms with van der Waals surface area (Å²) in [6.07, 6.45) is 0.677. The molecule has 0 aliphatic rings. The highest BCUT2D eigenvalue weighted by Gasteiger charge is 2.34. The first-order valence-electron chi connectivity index (χ1n) is 12.6. The van der Waals surface area contributed by atoms with Crippen molar-refractivity contribution in [2.24, 2.45) is 0 Å². The van der Waals surface area contributed by atoms with Crippen molar-refractivity contribution in [1.82, 2.24) is 10.2 Å². The van der Waals surface area contributed by atoms with Gasteiger partial charge in [0.15, 0.2) is 0 Å². The number of hydrogen-bond donors (Lipinski definition) is 1. The van der Waals surface area contributed by atoms with Crippen LogP contribution < -0.4 is 14.4 Å². The molecule has 3 rings (SSSR count). The minimum Gasteiger partial charge on any atom is -0.495 e. The second-order valence-corrected chi connectivity index (χ2v) is 11.0. The van der Waals surface area contributed by atoms with E-state index in [-0.39, 0.29) is 34.5 Å². The number of hydrogen-bond acceptors (Lipinski definition) is 5. The number of nitrogens with one attached hydrogen (secondary N) is 1. The Bertz CT molecular complexity index is 1380. The fourth-order valence-electron chi connectivity index (χ4n) is 3.93. The highest BCUT2D eigenvalue weighted by molar-refractivity contribution is 7.92. The molecule has 39 heavy (non-hydrogen) atoms. The fraction of sp³-hybridized carbons (Fsp3) is 0.310. The van der Waals surface area contributed by atoms with Gasteiger partial charge in [-0.2, -0.15) is 0 Å². The molecule has 8 nitrogen and oxygen atoms in total. The van der Waals surface area contributed by atoms with E-state index in [1.54, 1.807) is 42.5 Å². The molecule has 0 aromatic heterocycles. The van der Waals surface area contributed by atoms with Crippen LogP contribution in [0.1, 0.15) is 32.8 Å². The summed E-state index contributed by atoms with van der Waals surface area (Å²) in [4.78, 5) is 28.1. The van der Waals surface area contributed by atoms with Gasteiger partial charge < -0.3 is 15.0 Å². The summed E-state index contributed by atoms with van der Waals surface area (Å²) in [6, 6.07) is 19.0. The molecule has 0 aliphatic carbocycles. The van der Waals surface area contributed by atoms with E-state index in [0.29, 0.717) is 6.42 Å². The van der Waals surface area contributed by atoms with Crippen molar-refractivity contribution < 1.29 is 27.1 Å². The highest BCUT2D eigenvalue weighted by atomic mass is 32.2. The molecule has 2 atom stereocenters. The summed E-state index contributed by atoms with van der Waals surface area (Å²) in [5.41, 5.74) is 0.351. The van der Waals surface area contributed by atoms with Gasteiger partial charge in [0.2, 0.25) is 11.8 Å². The second kappa shape index (κ2) is 13.2. The lowest BCUT2D eigenvalue weighted by molar-refractivity contribution is -0.139. The van der Waals surface area contributed by atoms with E-state index in [9.17, 15) is 22.4 Å². The van der Waals surface area contributed by atoms with Gasteiger partial charge in [-0.25, -0.2) is 12.8 Å². The molecule has 0 unspecified atom stereocenters. The Kier molecular flexibility index (Phi) is 10.1. The van der Waals surface area contributed by atoms with Crippen molar-refractivity contribution in [3.63, 3.8) is 0 Å². The van der Waals surface area contributed by atoms with Crippen LogP contribution in [-0.4, -0.2) is 50.9 Å². The van der Waals surface area contributed by atoms with Gasteiger partial charge >= 0.3 is 0 Å². The number of carbonyl (C=O) groups is 2. The maximum Gasteiger partial charge on any atom is 0.264 e. The Labute approximate surface area is 229 Å². The molecule has 208 valence electrons. The van der Waals surface area contributed by atoms with Crippen LogP contribution in [-0.2, 0) is 26.2 Å². The number of nitrogens with zero attached hydrogens (tertiary/aromatic N) is 2. The first-order valence-corrected chi connectivity index (χ1v) is 14.1. The topological polar surface area (TPSA) is 96.0 Å². The third-order valence-corrected chi connectivity index (χ3v) is 8.20. The Hall–Kier alpha value is -3.92. The molecule has 10 heteroatoms. The number of amides is 2. The number of ether oxygens (including phenoxy) is 1. The molecule has 1 N–H and O–H groups in total. The molecule has 0 bridgehead atoms. The minimum atomic E-state index is -4.23. The molecule has 0 fully saturated rings. The maximum absolute atomic E-state index is 14.6. The van der Waals surface area contributed by atoms with Crippen LogP contribution >= 0.6 is 0 Å². The number of halogens is 1. The normalized spacial score (nSPS) is 12.7. The van der Waals surface area contributed by atoms with Crippen molar-refractivity contribution in [2.75, 3.05) is 18.0 Å². The van der Waals surface area contributed by atoms with Gasteiger partial charge in [-0.15, -0.1) is 0 Å². The summed E-state index contributed by atoms with van der Waals surface area (Å²) >= 11 is 0. The lowest BCUT2D eigenvalue weighted by Gasteiger charge is -2.32. The summed E-state index contributed by atoms with van der Waals surface area (Å²) in [5, 5.41) is 2.85. The van der Waals surface area contributed by atoms with Gasteiger partial charge in [0.1, 0.15) is 24.2 Å². The van der Waals surface area contributed by atoms with Crippen LogP contribution in [0.5, 0.6) is 5.75 Å². The monoisotopic (exact) mass is 555 g/mol. The molecule has 0 aliphatic heterocycles. The number of anilines is 1. The predicted octanol–water partition coefficient (Wildman–Crippen LogP) is 4.36. The molecular formula is C29H34FN3O5S. The van der Waals surface area contributed by atoms with E-state index in [4.69, 9.17) is 4.74 Å². The lowest BCUT2D eigenvalue weighted by atomic mass is 10.1. The van der Waals surface area contributed by atoms with E-state index in [1.165, 1.54) is 55.3 Å². The van der Waals surface area contributed by atoms with Crippen molar-refractivity contribution in [3.8, 4) is 5.75 Å². The molecule has 0 heterocycles. The molecular weight excluding hydrogens is 521 g/mol. The quantitative estimate of drug-likeness (QED) is 0.358. The van der Waals surface area contributed by atoms with Crippen molar-refractivity contribution in [1.29, 1.82) is 0 Å². The zero-order valence-corrected chi connectivity index (χ0v) is 23.3. The molecule has 0 saturated carbocycles. The summed E-state index contributed by atoms with van der Waals surface area (Å²) in [5.74, 6) is -1.41. The lowest BCUT2D eigenvalue weighted by Crippen LogP contribution is -2.52. The maximum atomic E-state index is 14.6.